The minimum absolute atomic E-state index is 0.366. The molecule has 130 valence electrons. The highest BCUT2D eigenvalue weighted by atomic mass is 32.1. The first-order valence-corrected chi connectivity index (χ1v) is 8.27. The number of alkyl halides is 2. The Morgan fingerprint density at radius 1 is 1.04 bits per heavy atom. The molecule has 1 aromatic heterocycles. The van der Waals surface area contributed by atoms with E-state index in [4.69, 9.17) is 0 Å². The van der Waals surface area contributed by atoms with Gasteiger partial charge in [-0.3, -0.25) is 0 Å². The number of thiazole rings is 1. The number of halogens is 5. The highest BCUT2D eigenvalue weighted by molar-refractivity contribution is 7.18. The van der Waals surface area contributed by atoms with E-state index in [1.54, 1.807) is 6.07 Å². The van der Waals surface area contributed by atoms with Crippen LogP contribution in [0.25, 0.3) is 10.2 Å². The number of aromatic nitrogens is 1. The van der Waals surface area contributed by atoms with Crippen LogP contribution in [0.2, 0.25) is 0 Å². The molecule has 4 rings (SSSR count). The van der Waals surface area contributed by atoms with Crippen LogP contribution in [0.4, 0.5) is 22.0 Å². The first-order chi connectivity index (χ1) is 11.8. The number of rotatable bonds is 4. The molecule has 0 saturated heterocycles. The first kappa shape index (κ1) is 16.3. The summed E-state index contributed by atoms with van der Waals surface area (Å²) in [4.78, 5) is 3.85. The molecule has 25 heavy (non-hydrogen) atoms. The summed E-state index contributed by atoms with van der Waals surface area (Å²) in [5.74, 6) is -5.31. The van der Waals surface area contributed by atoms with E-state index in [1.807, 2.05) is 12.1 Å². The van der Waals surface area contributed by atoms with Crippen LogP contribution in [0.5, 0.6) is 5.75 Å². The largest absolute Gasteiger partial charge is 0.454 e. The molecule has 0 radical (unpaired) electrons. The standard InChI is InChI=1S/C17H10F5NOS/c18-11-6-10(7-12(19)15(11)20)24-17(21,22)16-23-13-4-3-9(8-1-2-8)5-14(13)25-16/h3-8H,1-2H2. The maximum absolute atomic E-state index is 14.3. The van der Waals surface area contributed by atoms with Gasteiger partial charge in [-0.1, -0.05) is 6.07 Å². The Morgan fingerprint density at radius 3 is 2.36 bits per heavy atom. The van der Waals surface area contributed by atoms with Gasteiger partial charge < -0.3 is 4.74 Å². The zero-order chi connectivity index (χ0) is 17.8. The van der Waals surface area contributed by atoms with Crippen LogP contribution >= 0.6 is 11.3 Å². The first-order valence-electron chi connectivity index (χ1n) is 7.46. The highest BCUT2D eigenvalue weighted by Crippen LogP contribution is 2.43. The molecule has 0 amide bonds. The number of ether oxygens (including phenoxy) is 1. The van der Waals surface area contributed by atoms with E-state index in [1.165, 1.54) is 0 Å². The van der Waals surface area contributed by atoms with Crippen molar-refractivity contribution < 1.29 is 26.7 Å². The zero-order valence-electron chi connectivity index (χ0n) is 12.5. The van der Waals surface area contributed by atoms with E-state index in [9.17, 15) is 22.0 Å². The third kappa shape index (κ3) is 3.06. The van der Waals surface area contributed by atoms with Gasteiger partial charge in [0.05, 0.1) is 10.2 Å². The van der Waals surface area contributed by atoms with Crippen LogP contribution in [0.3, 0.4) is 0 Å². The van der Waals surface area contributed by atoms with Gasteiger partial charge in [0.2, 0.25) is 5.01 Å². The topological polar surface area (TPSA) is 22.1 Å². The van der Waals surface area contributed by atoms with E-state index in [0.717, 1.165) is 29.7 Å². The lowest BCUT2D eigenvalue weighted by molar-refractivity contribution is -0.185. The molecule has 0 atom stereocenters. The summed E-state index contributed by atoms with van der Waals surface area (Å²) < 4.78 is 72.8. The van der Waals surface area contributed by atoms with Gasteiger partial charge in [-0.2, -0.15) is 8.78 Å². The van der Waals surface area contributed by atoms with Crippen LogP contribution in [-0.4, -0.2) is 4.98 Å². The monoisotopic (exact) mass is 371 g/mol. The molecule has 0 spiro atoms. The average Bonchev–Trinajstić information content (AvgIpc) is 3.30. The molecule has 0 unspecified atom stereocenters. The normalized spacial score (nSPS) is 14.9. The molecule has 3 aromatic rings. The van der Waals surface area contributed by atoms with E-state index < -0.39 is 34.3 Å². The van der Waals surface area contributed by atoms with Crippen LogP contribution < -0.4 is 4.74 Å². The summed E-state index contributed by atoms with van der Waals surface area (Å²) in [5.41, 5.74) is 1.47. The van der Waals surface area contributed by atoms with Crippen molar-refractivity contribution in [2.45, 2.75) is 24.9 Å². The Kier molecular flexibility index (Phi) is 3.68. The van der Waals surface area contributed by atoms with Gasteiger partial charge in [0, 0.05) is 12.1 Å². The van der Waals surface area contributed by atoms with Crippen molar-refractivity contribution in [2.75, 3.05) is 0 Å². The summed E-state index contributed by atoms with van der Waals surface area (Å²) in [5, 5.41) is -0.638. The summed E-state index contributed by atoms with van der Waals surface area (Å²) in [6.07, 6.45) is -1.74. The van der Waals surface area contributed by atoms with Crippen molar-refractivity contribution in [1.29, 1.82) is 0 Å². The summed E-state index contributed by atoms with van der Waals surface area (Å²) in [6, 6.07) is 6.07. The predicted molar refractivity (Wildman–Crippen MR) is 82.4 cm³/mol. The Hall–Kier alpha value is -2.22. The Morgan fingerprint density at radius 2 is 1.72 bits per heavy atom. The second-order valence-corrected chi connectivity index (χ2v) is 6.87. The van der Waals surface area contributed by atoms with Gasteiger partial charge in [-0.15, -0.1) is 11.3 Å². The van der Waals surface area contributed by atoms with Crippen molar-refractivity contribution in [1.82, 2.24) is 4.98 Å². The molecule has 1 aliphatic carbocycles. The molecule has 1 heterocycles. The quantitative estimate of drug-likeness (QED) is 0.432. The summed E-state index contributed by atoms with van der Waals surface area (Å²) in [6.45, 7) is 0. The van der Waals surface area contributed by atoms with Crippen LogP contribution in [0.15, 0.2) is 30.3 Å². The van der Waals surface area contributed by atoms with Crippen LogP contribution in [-0.2, 0) is 6.11 Å². The maximum Gasteiger partial charge on any atom is 0.454 e. The van der Waals surface area contributed by atoms with Gasteiger partial charge in [0.15, 0.2) is 17.5 Å². The second kappa shape index (κ2) is 5.66. The van der Waals surface area contributed by atoms with Gasteiger partial charge in [-0.25, -0.2) is 18.2 Å². The fourth-order valence-corrected chi connectivity index (χ4v) is 3.45. The van der Waals surface area contributed by atoms with Crippen LogP contribution in [0, 0.1) is 17.5 Å². The van der Waals surface area contributed by atoms with Crippen molar-refractivity contribution in [3.8, 4) is 5.75 Å². The number of fused-ring (bicyclic) bond motifs is 1. The molecular weight excluding hydrogens is 361 g/mol. The molecule has 2 aromatic carbocycles. The number of benzene rings is 2. The molecule has 8 heteroatoms. The minimum Gasteiger partial charge on any atom is -0.427 e. The number of nitrogens with zero attached hydrogens (tertiary/aromatic N) is 1. The van der Waals surface area contributed by atoms with Crippen molar-refractivity contribution in [3.63, 3.8) is 0 Å². The van der Waals surface area contributed by atoms with Gasteiger partial charge in [-0.05, 0) is 36.5 Å². The third-order valence-corrected chi connectivity index (χ3v) is 4.98. The Labute approximate surface area is 142 Å². The van der Waals surface area contributed by atoms with Crippen molar-refractivity contribution in [3.05, 3.63) is 58.4 Å². The van der Waals surface area contributed by atoms with Crippen molar-refractivity contribution in [2.24, 2.45) is 0 Å². The number of hydrogen-bond donors (Lipinski definition) is 0. The number of hydrogen-bond acceptors (Lipinski definition) is 3. The second-order valence-electron chi connectivity index (χ2n) is 5.84. The van der Waals surface area contributed by atoms with Gasteiger partial charge in [0.1, 0.15) is 5.75 Å². The molecule has 0 N–H and O–H groups in total. The lowest BCUT2D eigenvalue weighted by Gasteiger charge is -2.15. The molecule has 2 nitrogen and oxygen atoms in total. The Balaban J connectivity index is 1.66. The molecule has 0 bridgehead atoms. The summed E-state index contributed by atoms with van der Waals surface area (Å²) in [7, 11) is 0. The third-order valence-electron chi connectivity index (χ3n) is 3.91. The average molecular weight is 371 g/mol. The molecule has 1 saturated carbocycles. The van der Waals surface area contributed by atoms with Crippen LogP contribution in [0.1, 0.15) is 29.3 Å². The van der Waals surface area contributed by atoms with E-state index in [0.29, 0.717) is 28.3 Å². The SMILES string of the molecule is Fc1cc(OC(F)(F)c2nc3ccc(C4CC4)cc3s2)cc(F)c1F. The molecule has 0 aliphatic heterocycles. The smallest absolute Gasteiger partial charge is 0.427 e. The predicted octanol–water partition coefficient (Wildman–Crippen LogP) is 5.72. The molecule has 1 aliphatic rings. The van der Waals surface area contributed by atoms with E-state index in [2.05, 4.69) is 9.72 Å². The van der Waals surface area contributed by atoms with Gasteiger partial charge >= 0.3 is 6.11 Å². The van der Waals surface area contributed by atoms with E-state index in [-0.39, 0.29) is 0 Å². The summed E-state index contributed by atoms with van der Waals surface area (Å²) >= 11 is 0.747. The van der Waals surface area contributed by atoms with Gasteiger partial charge in [0.25, 0.3) is 0 Å². The maximum atomic E-state index is 14.3. The lowest BCUT2D eigenvalue weighted by Crippen LogP contribution is -2.21. The molecule has 1 fully saturated rings. The fourth-order valence-electron chi connectivity index (χ4n) is 2.52. The highest BCUT2D eigenvalue weighted by Gasteiger charge is 2.39. The Bertz CT molecular complexity index is 944. The molecular formula is C17H10F5NOS. The van der Waals surface area contributed by atoms with E-state index >= 15 is 0 Å². The fraction of sp³-hybridized carbons (Fsp3) is 0.235. The zero-order valence-corrected chi connectivity index (χ0v) is 13.3. The lowest BCUT2D eigenvalue weighted by atomic mass is 10.1. The van der Waals surface area contributed by atoms with Crippen molar-refractivity contribution >= 4 is 21.6 Å². The minimum atomic E-state index is -3.90.